The van der Waals surface area contributed by atoms with E-state index in [2.05, 4.69) is 26.1 Å². The van der Waals surface area contributed by atoms with Crippen LogP contribution in [0.2, 0.25) is 0 Å². The minimum Gasteiger partial charge on any atom is -0.389 e. The largest absolute Gasteiger partial charge is 0.389 e. The van der Waals surface area contributed by atoms with E-state index in [1.54, 1.807) is 12.1 Å². The molecule has 23 heavy (non-hydrogen) atoms. The number of nitrogens with one attached hydrogen (secondary N) is 1. The number of amides is 1. The van der Waals surface area contributed by atoms with Crippen molar-refractivity contribution in [1.82, 2.24) is 5.32 Å². The van der Waals surface area contributed by atoms with Crippen molar-refractivity contribution >= 4 is 5.91 Å². The zero-order valence-corrected chi connectivity index (χ0v) is 14.6. The Morgan fingerprint density at radius 3 is 2.57 bits per heavy atom. The first-order valence-corrected chi connectivity index (χ1v) is 8.51. The molecule has 0 aliphatic heterocycles. The van der Waals surface area contributed by atoms with Crippen LogP contribution >= 0.6 is 0 Å². The second kappa shape index (κ2) is 7.02. The van der Waals surface area contributed by atoms with Crippen LogP contribution in [0.15, 0.2) is 24.3 Å². The summed E-state index contributed by atoms with van der Waals surface area (Å²) in [5, 5.41) is 14.1. The van der Waals surface area contributed by atoms with Crippen molar-refractivity contribution in [3.05, 3.63) is 35.4 Å². The summed E-state index contributed by atoms with van der Waals surface area (Å²) in [6, 6.07) is 7.31. The van der Waals surface area contributed by atoms with Crippen molar-refractivity contribution < 1.29 is 9.90 Å². The van der Waals surface area contributed by atoms with Crippen molar-refractivity contribution in [2.75, 3.05) is 6.54 Å². The van der Waals surface area contributed by atoms with Gasteiger partial charge in [-0.25, -0.2) is 0 Å². The number of primary amides is 1. The van der Waals surface area contributed by atoms with Crippen LogP contribution in [0.1, 0.15) is 62.4 Å². The first-order chi connectivity index (χ1) is 10.7. The summed E-state index contributed by atoms with van der Waals surface area (Å²) in [5.74, 6) is 0.279. The molecule has 0 radical (unpaired) electrons. The van der Waals surface area contributed by atoms with Gasteiger partial charge >= 0.3 is 0 Å². The molecule has 0 aromatic heterocycles. The van der Waals surface area contributed by atoms with E-state index >= 15 is 0 Å². The van der Waals surface area contributed by atoms with E-state index < -0.39 is 11.5 Å². The van der Waals surface area contributed by atoms with E-state index in [4.69, 9.17) is 5.73 Å². The molecular formula is C19H30N2O2. The standard InChI is InChI=1S/C19H30N2O2/c1-18(2,3)16-7-9-19(23,10-8-16)13-21-12-14-5-4-6-15(11-14)17(20)22/h4-6,11,16,21,23H,7-10,12-13H2,1-3H3,(H2,20,22). The van der Waals surface area contributed by atoms with E-state index in [0.29, 0.717) is 30.0 Å². The Morgan fingerprint density at radius 2 is 2.00 bits per heavy atom. The molecule has 4 N–H and O–H groups in total. The minimum absolute atomic E-state index is 0.323. The average Bonchev–Trinajstić information content (AvgIpc) is 2.47. The van der Waals surface area contributed by atoms with Gasteiger partial charge in [-0.05, 0) is 54.7 Å². The highest BCUT2D eigenvalue weighted by molar-refractivity contribution is 5.92. The topological polar surface area (TPSA) is 75.3 Å². The molecule has 1 saturated carbocycles. The summed E-state index contributed by atoms with van der Waals surface area (Å²) < 4.78 is 0. The van der Waals surface area contributed by atoms with Gasteiger partial charge in [0.25, 0.3) is 0 Å². The van der Waals surface area contributed by atoms with Gasteiger partial charge < -0.3 is 16.2 Å². The van der Waals surface area contributed by atoms with Crippen LogP contribution in [0.25, 0.3) is 0 Å². The molecule has 1 aliphatic carbocycles. The molecular weight excluding hydrogens is 288 g/mol. The molecule has 1 aliphatic rings. The Labute approximate surface area is 139 Å². The van der Waals surface area contributed by atoms with Crippen LogP contribution in [0.5, 0.6) is 0 Å². The van der Waals surface area contributed by atoms with Gasteiger partial charge in [0, 0.05) is 18.7 Å². The molecule has 0 spiro atoms. The monoisotopic (exact) mass is 318 g/mol. The maximum Gasteiger partial charge on any atom is 0.248 e. The SMILES string of the molecule is CC(C)(C)C1CCC(O)(CNCc2cccc(C(N)=O)c2)CC1. The van der Waals surface area contributed by atoms with Crippen molar-refractivity contribution in [2.45, 2.75) is 58.6 Å². The second-order valence-electron chi connectivity index (χ2n) is 8.03. The summed E-state index contributed by atoms with van der Waals surface area (Å²) in [6.45, 7) is 8.07. The van der Waals surface area contributed by atoms with Gasteiger partial charge in [0.15, 0.2) is 0 Å². The Bertz CT molecular complexity index is 541. The molecule has 2 rings (SSSR count). The number of hydrogen-bond acceptors (Lipinski definition) is 3. The van der Waals surface area contributed by atoms with Crippen LogP contribution in [0, 0.1) is 11.3 Å². The number of carbonyl (C=O) groups is 1. The molecule has 0 bridgehead atoms. The van der Waals surface area contributed by atoms with Gasteiger partial charge in [0.05, 0.1) is 5.60 Å². The van der Waals surface area contributed by atoms with Crippen LogP contribution in [0.4, 0.5) is 0 Å². The van der Waals surface area contributed by atoms with Gasteiger partial charge in [-0.1, -0.05) is 32.9 Å². The number of hydrogen-bond donors (Lipinski definition) is 3. The molecule has 1 fully saturated rings. The smallest absolute Gasteiger partial charge is 0.248 e. The quantitative estimate of drug-likeness (QED) is 0.781. The highest BCUT2D eigenvalue weighted by atomic mass is 16.3. The lowest BCUT2D eigenvalue weighted by Crippen LogP contribution is -2.44. The van der Waals surface area contributed by atoms with Crippen molar-refractivity contribution in [3.8, 4) is 0 Å². The molecule has 1 aromatic carbocycles. The highest BCUT2D eigenvalue weighted by Crippen LogP contribution is 2.41. The number of nitrogens with two attached hydrogens (primary N) is 1. The Morgan fingerprint density at radius 1 is 1.35 bits per heavy atom. The lowest BCUT2D eigenvalue weighted by Gasteiger charge is -2.41. The maximum absolute atomic E-state index is 11.2. The average molecular weight is 318 g/mol. The third-order valence-corrected chi connectivity index (χ3v) is 5.14. The van der Waals surface area contributed by atoms with Crippen LogP contribution in [-0.4, -0.2) is 23.2 Å². The molecule has 1 aromatic rings. The summed E-state index contributed by atoms with van der Waals surface area (Å²) >= 11 is 0. The summed E-state index contributed by atoms with van der Waals surface area (Å²) in [4.78, 5) is 11.2. The zero-order chi connectivity index (χ0) is 17.1. The molecule has 0 saturated heterocycles. The first kappa shape index (κ1) is 18.0. The Kier molecular flexibility index (Phi) is 5.48. The van der Waals surface area contributed by atoms with E-state index in [0.717, 1.165) is 31.2 Å². The molecule has 128 valence electrons. The zero-order valence-electron chi connectivity index (χ0n) is 14.6. The van der Waals surface area contributed by atoms with Gasteiger partial charge in [-0.2, -0.15) is 0 Å². The van der Waals surface area contributed by atoms with Crippen molar-refractivity contribution in [3.63, 3.8) is 0 Å². The maximum atomic E-state index is 11.2. The summed E-state index contributed by atoms with van der Waals surface area (Å²) in [6.07, 6.45) is 3.87. The molecule has 0 unspecified atom stereocenters. The third-order valence-electron chi connectivity index (χ3n) is 5.14. The molecule has 4 nitrogen and oxygen atoms in total. The van der Waals surface area contributed by atoms with Gasteiger partial charge in [-0.15, -0.1) is 0 Å². The fourth-order valence-corrected chi connectivity index (χ4v) is 3.47. The van der Waals surface area contributed by atoms with Crippen LogP contribution < -0.4 is 11.1 Å². The van der Waals surface area contributed by atoms with E-state index in [-0.39, 0.29) is 0 Å². The number of aliphatic hydroxyl groups is 1. The molecule has 0 atom stereocenters. The Balaban J connectivity index is 1.82. The lowest BCUT2D eigenvalue weighted by molar-refractivity contribution is -0.0239. The van der Waals surface area contributed by atoms with Gasteiger partial charge in [-0.3, -0.25) is 4.79 Å². The van der Waals surface area contributed by atoms with Crippen molar-refractivity contribution in [1.29, 1.82) is 0 Å². The fraction of sp³-hybridized carbons (Fsp3) is 0.632. The predicted octanol–water partition coefficient (Wildman–Crippen LogP) is 2.84. The van der Waals surface area contributed by atoms with Gasteiger partial charge in [0.2, 0.25) is 5.91 Å². The highest BCUT2D eigenvalue weighted by Gasteiger charge is 2.36. The summed E-state index contributed by atoms with van der Waals surface area (Å²) in [5.41, 5.74) is 6.54. The van der Waals surface area contributed by atoms with E-state index in [9.17, 15) is 9.90 Å². The predicted molar refractivity (Wildman–Crippen MR) is 93.0 cm³/mol. The van der Waals surface area contributed by atoms with Gasteiger partial charge in [0.1, 0.15) is 0 Å². The minimum atomic E-state index is -0.608. The Hall–Kier alpha value is -1.39. The van der Waals surface area contributed by atoms with Crippen LogP contribution in [0.3, 0.4) is 0 Å². The molecule has 0 heterocycles. The van der Waals surface area contributed by atoms with Crippen LogP contribution in [-0.2, 0) is 6.54 Å². The van der Waals surface area contributed by atoms with E-state index in [1.807, 2.05) is 12.1 Å². The second-order valence-corrected chi connectivity index (χ2v) is 8.03. The molecule has 4 heteroatoms. The summed E-state index contributed by atoms with van der Waals surface area (Å²) in [7, 11) is 0. The first-order valence-electron chi connectivity index (χ1n) is 8.51. The number of rotatable bonds is 5. The lowest BCUT2D eigenvalue weighted by atomic mass is 9.68. The fourth-order valence-electron chi connectivity index (χ4n) is 3.47. The molecule has 1 amide bonds. The normalized spacial score (nSPS) is 25.3. The van der Waals surface area contributed by atoms with E-state index in [1.165, 1.54) is 0 Å². The number of benzene rings is 1. The third kappa shape index (κ3) is 5.05. The van der Waals surface area contributed by atoms with Crippen molar-refractivity contribution in [2.24, 2.45) is 17.1 Å². The number of carbonyl (C=O) groups excluding carboxylic acids is 1.